The van der Waals surface area contributed by atoms with Crippen LogP contribution in [0, 0.1) is 5.92 Å². The number of hydrogen-bond donors (Lipinski definition) is 2. The number of fused-ring (bicyclic) bond motifs is 1. The van der Waals surface area contributed by atoms with E-state index < -0.39 is 0 Å². The number of urea groups is 1. The summed E-state index contributed by atoms with van der Waals surface area (Å²) in [5.41, 5.74) is 0. The Kier molecular flexibility index (Phi) is 5.17. The smallest absolute Gasteiger partial charge is 0.315 e. The third kappa shape index (κ3) is 3.72. The summed E-state index contributed by atoms with van der Waals surface area (Å²) in [5, 5.41) is 14.4. The molecule has 2 amide bonds. The van der Waals surface area contributed by atoms with Crippen molar-refractivity contribution < 1.29 is 9.53 Å². The Morgan fingerprint density at radius 3 is 2.76 bits per heavy atom. The lowest BCUT2D eigenvalue weighted by atomic mass is 10.0. The molecule has 0 aliphatic carbocycles. The molecule has 1 aromatic rings. The molecule has 2 atom stereocenters. The third-order valence-electron chi connectivity index (χ3n) is 3.66. The van der Waals surface area contributed by atoms with E-state index in [2.05, 4.69) is 39.2 Å². The Hall–Kier alpha value is -1.63. The number of aryl methyl sites for hydroxylation is 1. The van der Waals surface area contributed by atoms with Crippen molar-refractivity contribution in [2.45, 2.75) is 52.2 Å². The van der Waals surface area contributed by atoms with Crippen molar-refractivity contribution in [1.82, 2.24) is 25.4 Å². The monoisotopic (exact) mass is 295 g/mol. The van der Waals surface area contributed by atoms with Gasteiger partial charge in [-0.15, -0.1) is 10.2 Å². The van der Waals surface area contributed by atoms with Crippen molar-refractivity contribution in [3.63, 3.8) is 0 Å². The highest BCUT2D eigenvalue weighted by Gasteiger charge is 2.27. The van der Waals surface area contributed by atoms with Gasteiger partial charge in [0.15, 0.2) is 5.82 Å². The first-order valence-electron chi connectivity index (χ1n) is 7.50. The Labute approximate surface area is 125 Å². The summed E-state index contributed by atoms with van der Waals surface area (Å²) >= 11 is 0. The van der Waals surface area contributed by atoms with Crippen LogP contribution in [0.2, 0.25) is 0 Å². The summed E-state index contributed by atoms with van der Waals surface area (Å²) in [6.45, 7) is 7.47. The van der Waals surface area contributed by atoms with Gasteiger partial charge in [0.2, 0.25) is 0 Å². The lowest BCUT2D eigenvalue weighted by Gasteiger charge is -2.23. The number of carbonyl (C=O) groups excluding carboxylic acids is 1. The zero-order valence-corrected chi connectivity index (χ0v) is 13.2. The summed E-state index contributed by atoms with van der Waals surface area (Å²) in [7, 11) is 1.62. The number of hydrogen-bond acceptors (Lipinski definition) is 4. The van der Waals surface area contributed by atoms with E-state index in [4.69, 9.17) is 4.74 Å². The molecule has 0 saturated heterocycles. The molecule has 1 aliphatic rings. The second-order valence-corrected chi connectivity index (χ2v) is 5.93. The number of amides is 2. The molecule has 118 valence electrons. The average Bonchev–Trinajstić information content (AvgIpc) is 2.98. The standard InChI is InChI=1S/C14H25N5O2/c1-9(2)12(16-14(20)15-10(3)8-21-4)13-18-17-11-6-5-7-19(11)13/h9-10,12H,5-8H2,1-4H3,(H2,15,16,20). The fourth-order valence-corrected chi connectivity index (χ4v) is 2.63. The topological polar surface area (TPSA) is 81.1 Å². The van der Waals surface area contributed by atoms with Crippen molar-refractivity contribution in [1.29, 1.82) is 0 Å². The van der Waals surface area contributed by atoms with Crippen molar-refractivity contribution in [2.24, 2.45) is 5.92 Å². The molecule has 2 rings (SSSR count). The second kappa shape index (κ2) is 6.89. The summed E-state index contributed by atoms with van der Waals surface area (Å²) in [6.07, 6.45) is 2.06. The molecule has 7 nitrogen and oxygen atoms in total. The highest BCUT2D eigenvalue weighted by Crippen LogP contribution is 2.24. The predicted octanol–water partition coefficient (Wildman–Crippen LogP) is 1.26. The van der Waals surface area contributed by atoms with E-state index in [0.717, 1.165) is 31.0 Å². The van der Waals surface area contributed by atoms with Crippen LogP contribution in [0.25, 0.3) is 0 Å². The summed E-state index contributed by atoms with van der Waals surface area (Å²) in [4.78, 5) is 12.1. The minimum atomic E-state index is -0.200. The number of carbonyl (C=O) groups is 1. The molecular weight excluding hydrogens is 270 g/mol. The highest BCUT2D eigenvalue weighted by molar-refractivity contribution is 5.74. The van der Waals surface area contributed by atoms with Gasteiger partial charge in [0, 0.05) is 20.1 Å². The number of aromatic nitrogens is 3. The van der Waals surface area contributed by atoms with Crippen LogP contribution in [0.5, 0.6) is 0 Å². The van der Waals surface area contributed by atoms with Gasteiger partial charge in [0.25, 0.3) is 0 Å². The van der Waals surface area contributed by atoms with E-state index in [9.17, 15) is 4.79 Å². The molecular formula is C14H25N5O2. The molecule has 2 heterocycles. The molecule has 0 fully saturated rings. The van der Waals surface area contributed by atoms with Crippen molar-refractivity contribution >= 4 is 6.03 Å². The van der Waals surface area contributed by atoms with E-state index in [1.807, 2.05) is 6.92 Å². The Balaban J connectivity index is 2.04. The molecule has 1 aromatic heterocycles. The maximum absolute atomic E-state index is 12.1. The van der Waals surface area contributed by atoms with Crippen molar-refractivity contribution in [3.8, 4) is 0 Å². The molecule has 7 heteroatoms. The van der Waals surface area contributed by atoms with Crippen LogP contribution in [-0.2, 0) is 17.7 Å². The summed E-state index contributed by atoms with van der Waals surface area (Å²) < 4.78 is 7.15. The van der Waals surface area contributed by atoms with Gasteiger partial charge in [0.1, 0.15) is 5.82 Å². The van der Waals surface area contributed by atoms with Gasteiger partial charge in [-0.2, -0.15) is 0 Å². The molecule has 0 saturated carbocycles. The maximum Gasteiger partial charge on any atom is 0.315 e. The number of nitrogens with zero attached hydrogens (tertiary/aromatic N) is 3. The molecule has 2 unspecified atom stereocenters. The van der Waals surface area contributed by atoms with E-state index >= 15 is 0 Å². The van der Waals surface area contributed by atoms with Gasteiger partial charge < -0.3 is 19.9 Å². The molecule has 0 bridgehead atoms. The average molecular weight is 295 g/mol. The van der Waals surface area contributed by atoms with E-state index in [0.29, 0.717) is 6.61 Å². The molecule has 21 heavy (non-hydrogen) atoms. The number of ether oxygens (including phenoxy) is 1. The van der Waals surface area contributed by atoms with Crippen LogP contribution in [0.15, 0.2) is 0 Å². The highest BCUT2D eigenvalue weighted by atomic mass is 16.5. The molecule has 0 aromatic carbocycles. The SMILES string of the molecule is COCC(C)NC(=O)NC(c1nnc2n1CCC2)C(C)C. The van der Waals surface area contributed by atoms with Crippen LogP contribution in [0.4, 0.5) is 4.79 Å². The zero-order valence-electron chi connectivity index (χ0n) is 13.2. The van der Waals surface area contributed by atoms with Crippen LogP contribution in [-0.4, -0.2) is 40.6 Å². The number of methoxy groups -OCH3 is 1. The molecule has 0 spiro atoms. The van der Waals surface area contributed by atoms with E-state index in [1.54, 1.807) is 7.11 Å². The first-order valence-corrected chi connectivity index (χ1v) is 7.50. The second-order valence-electron chi connectivity index (χ2n) is 5.93. The Bertz CT molecular complexity index is 486. The number of nitrogens with one attached hydrogen (secondary N) is 2. The first kappa shape index (κ1) is 15.8. The van der Waals surface area contributed by atoms with Gasteiger partial charge in [-0.3, -0.25) is 0 Å². The van der Waals surface area contributed by atoms with Gasteiger partial charge >= 0.3 is 6.03 Å². The number of rotatable bonds is 6. The normalized spacial score (nSPS) is 16.6. The molecule has 0 radical (unpaired) electrons. The molecule has 2 N–H and O–H groups in total. The fourth-order valence-electron chi connectivity index (χ4n) is 2.63. The lowest BCUT2D eigenvalue weighted by Crippen LogP contribution is -2.45. The Morgan fingerprint density at radius 2 is 2.10 bits per heavy atom. The quantitative estimate of drug-likeness (QED) is 0.828. The minimum Gasteiger partial charge on any atom is -0.383 e. The predicted molar refractivity (Wildman–Crippen MR) is 78.9 cm³/mol. The van der Waals surface area contributed by atoms with Gasteiger partial charge in [-0.1, -0.05) is 13.8 Å². The zero-order chi connectivity index (χ0) is 15.4. The van der Waals surface area contributed by atoms with E-state index in [-0.39, 0.29) is 24.0 Å². The van der Waals surface area contributed by atoms with Crippen LogP contribution in [0.3, 0.4) is 0 Å². The summed E-state index contributed by atoms with van der Waals surface area (Å²) in [5.74, 6) is 2.11. The molecule has 1 aliphatic heterocycles. The lowest BCUT2D eigenvalue weighted by molar-refractivity contribution is 0.169. The Morgan fingerprint density at radius 1 is 1.33 bits per heavy atom. The van der Waals surface area contributed by atoms with Gasteiger partial charge in [-0.25, -0.2) is 4.79 Å². The minimum absolute atomic E-state index is 0.0353. The third-order valence-corrected chi connectivity index (χ3v) is 3.66. The van der Waals surface area contributed by atoms with Crippen molar-refractivity contribution in [3.05, 3.63) is 11.6 Å². The maximum atomic E-state index is 12.1. The van der Waals surface area contributed by atoms with Crippen LogP contribution < -0.4 is 10.6 Å². The van der Waals surface area contributed by atoms with Crippen LogP contribution in [0.1, 0.15) is 44.9 Å². The first-order chi connectivity index (χ1) is 10.0. The van der Waals surface area contributed by atoms with Gasteiger partial charge in [0.05, 0.1) is 18.7 Å². The van der Waals surface area contributed by atoms with Gasteiger partial charge in [-0.05, 0) is 19.3 Å². The van der Waals surface area contributed by atoms with Crippen molar-refractivity contribution in [2.75, 3.05) is 13.7 Å². The summed E-state index contributed by atoms with van der Waals surface area (Å²) in [6, 6.07) is -0.375. The van der Waals surface area contributed by atoms with E-state index in [1.165, 1.54) is 0 Å². The van der Waals surface area contributed by atoms with Crippen LogP contribution >= 0.6 is 0 Å². The largest absolute Gasteiger partial charge is 0.383 e. The fraction of sp³-hybridized carbons (Fsp3) is 0.786.